The first-order valence-electron chi connectivity index (χ1n) is 19.7. The van der Waals surface area contributed by atoms with Gasteiger partial charge in [0.05, 0.1) is 13.0 Å². The van der Waals surface area contributed by atoms with Gasteiger partial charge < -0.3 is 9.84 Å². The van der Waals surface area contributed by atoms with Crippen LogP contribution in [0.3, 0.4) is 0 Å². The number of hydrogen-bond acceptors (Lipinski definition) is 3. The zero-order chi connectivity index (χ0) is 33.9. The van der Waals surface area contributed by atoms with Crippen LogP contribution in [0.15, 0.2) is 61.0 Å². The molecule has 1 aromatic rings. The van der Waals surface area contributed by atoms with Crippen LogP contribution in [0.2, 0.25) is 0 Å². The smallest absolute Gasteiger partial charge is 0.330 e. The van der Waals surface area contributed by atoms with Crippen LogP contribution in [-0.4, -0.2) is 28.9 Å². The highest BCUT2D eigenvalue weighted by Gasteiger charge is 2.15. The SMILES string of the molecule is CCCCCCCC/C=C/CCCC/C=C/Cc1n(CCOC(=O)/C=C/CCCCC/C=C/CCCCCCCC)cc[n+]1CCO. The number of ether oxygens (including phenoxy) is 1. The van der Waals surface area contributed by atoms with Crippen molar-refractivity contribution in [2.45, 2.75) is 181 Å². The number of allylic oxidation sites excluding steroid dienone is 7. The number of esters is 1. The molecule has 0 aliphatic rings. The van der Waals surface area contributed by atoms with Gasteiger partial charge in [0.1, 0.15) is 32.1 Å². The average molecular weight is 654 g/mol. The maximum Gasteiger partial charge on any atom is 0.330 e. The zero-order valence-corrected chi connectivity index (χ0v) is 30.7. The Hall–Kier alpha value is -2.40. The first kappa shape index (κ1) is 42.6. The number of unbranched alkanes of at least 4 members (excludes halogenated alkanes) is 19. The van der Waals surface area contributed by atoms with Gasteiger partial charge in [-0.3, -0.25) is 0 Å². The molecule has 0 spiro atoms. The number of carbonyl (C=O) groups excluding carboxylic acids is 1. The van der Waals surface area contributed by atoms with Crippen molar-refractivity contribution >= 4 is 5.97 Å². The Morgan fingerprint density at radius 2 is 1.11 bits per heavy atom. The van der Waals surface area contributed by atoms with Crippen LogP contribution in [0.5, 0.6) is 0 Å². The van der Waals surface area contributed by atoms with Gasteiger partial charge in [-0.1, -0.05) is 127 Å². The van der Waals surface area contributed by atoms with Crippen LogP contribution in [0.1, 0.15) is 167 Å². The van der Waals surface area contributed by atoms with Crippen molar-refractivity contribution in [2.75, 3.05) is 13.2 Å². The molecule has 0 radical (unpaired) electrons. The zero-order valence-electron chi connectivity index (χ0n) is 30.7. The number of aromatic nitrogens is 2. The summed E-state index contributed by atoms with van der Waals surface area (Å²) in [5, 5.41) is 9.50. The maximum atomic E-state index is 12.2. The number of nitrogens with zero attached hydrogens (tertiary/aromatic N) is 2. The molecule has 1 rings (SSSR count). The fraction of sp³-hybridized carbons (Fsp3) is 0.714. The van der Waals surface area contributed by atoms with E-state index in [0.717, 1.165) is 37.9 Å². The first-order chi connectivity index (χ1) is 23.2. The first-order valence-corrected chi connectivity index (χ1v) is 19.7. The van der Waals surface area contributed by atoms with E-state index in [1.54, 1.807) is 6.08 Å². The molecule has 0 unspecified atom stereocenters. The lowest BCUT2D eigenvalue weighted by Gasteiger charge is -2.04. The summed E-state index contributed by atoms with van der Waals surface area (Å²) in [6.45, 7) is 6.16. The molecular formula is C42H73N2O3+. The molecule has 0 atom stereocenters. The Bertz CT molecular complexity index is 959. The van der Waals surface area contributed by atoms with E-state index in [-0.39, 0.29) is 12.6 Å². The molecule has 0 aromatic carbocycles. The minimum absolute atomic E-state index is 0.105. The van der Waals surface area contributed by atoms with E-state index < -0.39 is 0 Å². The standard InChI is InChI=1S/C42H73N2O3/c1-3-5-7-9-11-13-15-17-19-21-23-25-27-29-31-33-41-43(37-39-45)35-36-44(41)38-40-47-42(46)34-32-30-28-26-24-22-20-18-16-14-12-10-8-6-4-2/h17-20,29,31-32,34-36,45H,3-16,21-28,30,33,37-40H2,1-2H3/q+1/b19-17+,20-18+,31-29+,34-32+. The van der Waals surface area contributed by atoms with E-state index >= 15 is 0 Å². The molecule has 0 saturated heterocycles. The molecule has 0 saturated carbocycles. The lowest BCUT2D eigenvalue weighted by atomic mass is 10.1. The highest BCUT2D eigenvalue weighted by Crippen LogP contribution is 2.10. The quantitative estimate of drug-likeness (QED) is 0.0270. The van der Waals surface area contributed by atoms with Crippen molar-refractivity contribution in [3.05, 3.63) is 66.8 Å². The minimum Gasteiger partial charge on any atom is -0.458 e. The van der Waals surface area contributed by atoms with Crippen molar-refractivity contribution < 1.29 is 19.2 Å². The molecule has 1 N–H and O–H groups in total. The van der Waals surface area contributed by atoms with Crippen LogP contribution >= 0.6 is 0 Å². The second-order valence-electron chi connectivity index (χ2n) is 13.0. The Morgan fingerprint density at radius 3 is 1.64 bits per heavy atom. The molecule has 47 heavy (non-hydrogen) atoms. The summed E-state index contributed by atoms with van der Waals surface area (Å²) in [6, 6.07) is 0. The summed E-state index contributed by atoms with van der Waals surface area (Å²) in [7, 11) is 0. The summed E-state index contributed by atoms with van der Waals surface area (Å²) >= 11 is 0. The Morgan fingerprint density at radius 1 is 0.660 bits per heavy atom. The van der Waals surface area contributed by atoms with Crippen molar-refractivity contribution in [2.24, 2.45) is 0 Å². The Kier molecular flexibility index (Phi) is 30.4. The minimum atomic E-state index is -0.267. The summed E-state index contributed by atoms with van der Waals surface area (Å²) in [4.78, 5) is 12.2. The van der Waals surface area contributed by atoms with Crippen LogP contribution in [0, 0.1) is 0 Å². The van der Waals surface area contributed by atoms with Crippen LogP contribution < -0.4 is 4.57 Å². The summed E-state index contributed by atoms with van der Waals surface area (Å²) in [5.74, 6) is 0.855. The van der Waals surface area contributed by atoms with E-state index in [0.29, 0.717) is 19.7 Å². The highest BCUT2D eigenvalue weighted by molar-refractivity contribution is 5.81. The fourth-order valence-electron chi connectivity index (χ4n) is 5.81. The molecule has 5 nitrogen and oxygen atoms in total. The number of carbonyl (C=O) groups is 1. The molecule has 5 heteroatoms. The lowest BCUT2D eigenvalue weighted by molar-refractivity contribution is -0.704. The number of imidazole rings is 1. The van der Waals surface area contributed by atoms with Gasteiger partial charge in [0.15, 0.2) is 0 Å². The number of rotatable bonds is 33. The molecule has 0 bridgehead atoms. The van der Waals surface area contributed by atoms with Gasteiger partial charge in [-0.15, -0.1) is 0 Å². The molecule has 0 fully saturated rings. The van der Waals surface area contributed by atoms with Crippen molar-refractivity contribution in [1.82, 2.24) is 4.57 Å². The summed E-state index contributed by atoms with van der Waals surface area (Å²) < 4.78 is 9.70. The second kappa shape index (κ2) is 33.5. The van der Waals surface area contributed by atoms with E-state index in [9.17, 15) is 9.90 Å². The Balaban J connectivity index is 2.17. The second-order valence-corrected chi connectivity index (χ2v) is 13.0. The van der Waals surface area contributed by atoms with E-state index in [4.69, 9.17) is 4.74 Å². The topological polar surface area (TPSA) is 55.3 Å². The van der Waals surface area contributed by atoms with Gasteiger partial charge in [0.25, 0.3) is 5.82 Å². The molecule has 0 aliphatic carbocycles. The van der Waals surface area contributed by atoms with Gasteiger partial charge in [-0.05, 0) is 77.0 Å². The van der Waals surface area contributed by atoms with Crippen LogP contribution in [0.4, 0.5) is 0 Å². The van der Waals surface area contributed by atoms with Gasteiger partial charge in [-0.25, -0.2) is 13.9 Å². The van der Waals surface area contributed by atoms with Gasteiger partial charge in [0.2, 0.25) is 0 Å². The monoisotopic (exact) mass is 654 g/mol. The van der Waals surface area contributed by atoms with Gasteiger partial charge >= 0.3 is 5.97 Å². The van der Waals surface area contributed by atoms with Gasteiger partial charge in [-0.2, -0.15) is 0 Å². The number of aliphatic hydroxyl groups excluding tert-OH is 1. The summed E-state index contributed by atoms with van der Waals surface area (Å²) in [6.07, 6.45) is 51.4. The molecule has 0 aliphatic heterocycles. The summed E-state index contributed by atoms with van der Waals surface area (Å²) in [5.41, 5.74) is 0. The Labute approximate surface area is 290 Å². The van der Waals surface area contributed by atoms with Crippen molar-refractivity contribution in [3.8, 4) is 0 Å². The lowest BCUT2D eigenvalue weighted by Crippen LogP contribution is -2.38. The van der Waals surface area contributed by atoms with Crippen LogP contribution in [0.25, 0.3) is 0 Å². The maximum absolute atomic E-state index is 12.2. The third kappa shape index (κ3) is 26.3. The molecule has 1 aromatic heterocycles. The normalized spacial score (nSPS) is 12.1. The predicted octanol–water partition coefficient (Wildman–Crippen LogP) is 11.1. The average Bonchev–Trinajstić information content (AvgIpc) is 3.45. The van der Waals surface area contributed by atoms with E-state index in [2.05, 4.69) is 59.4 Å². The van der Waals surface area contributed by atoms with Gasteiger partial charge in [0, 0.05) is 6.08 Å². The predicted molar refractivity (Wildman–Crippen MR) is 200 cm³/mol. The van der Waals surface area contributed by atoms with E-state index in [1.807, 2.05) is 18.5 Å². The highest BCUT2D eigenvalue weighted by atomic mass is 16.5. The number of hydrogen-bond donors (Lipinski definition) is 1. The van der Waals surface area contributed by atoms with Crippen molar-refractivity contribution in [3.63, 3.8) is 0 Å². The van der Waals surface area contributed by atoms with Crippen LogP contribution in [-0.2, 0) is 29.0 Å². The number of aliphatic hydroxyl groups is 1. The molecule has 268 valence electrons. The fourth-order valence-corrected chi connectivity index (χ4v) is 5.81. The van der Waals surface area contributed by atoms with E-state index in [1.165, 1.54) is 122 Å². The third-order valence-electron chi connectivity index (χ3n) is 8.74. The third-order valence-corrected chi connectivity index (χ3v) is 8.74. The molecule has 1 heterocycles. The largest absolute Gasteiger partial charge is 0.458 e. The molecular weight excluding hydrogens is 580 g/mol. The van der Waals surface area contributed by atoms with Crippen molar-refractivity contribution in [1.29, 1.82) is 0 Å². The molecule has 0 amide bonds.